The van der Waals surface area contributed by atoms with Crippen LogP contribution in [0.5, 0.6) is 0 Å². The molecule has 2 aromatic rings. The zero-order valence-corrected chi connectivity index (χ0v) is 20.3. The highest BCUT2D eigenvalue weighted by Crippen LogP contribution is 2.34. The van der Waals surface area contributed by atoms with Gasteiger partial charge < -0.3 is 0 Å². The SMILES string of the molecule is CCCCCc1ccc(-c2cnc(CC[C@H]3CC[C@H](CCCCC)CC3)nc2)cc1C. The van der Waals surface area contributed by atoms with Gasteiger partial charge in [0.1, 0.15) is 5.82 Å². The van der Waals surface area contributed by atoms with Crippen LogP contribution in [0.1, 0.15) is 108 Å². The van der Waals surface area contributed by atoms with Crippen molar-refractivity contribution in [1.29, 1.82) is 0 Å². The van der Waals surface area contributed by atoms with E-state index in [1.807, 2.05) is 12.4 Å². The van der Waals surface area contributed by atoms with Crippen LogP contribution < -0.4 is 0 Å². The molecule has 3 rings (SSSR count). The molecule has 0 saturated heterocycles. The Bertz CT molecular complexity index is 757. The molecule has 0 N–H and O–H groups in total. The Hall–Kier alpha value is -1.70. The molecule has 0 radical (unpaired) electrons. The van der Waals surface area contributed by atoms with Gasteiger partial charge in [-0.25, -0.2) is 9.97 Å². The first-order chi connectivity index (χ1) is 15.2. The number of aromatic nitrogens is 2. The van der Waals surface area contributed by atoms with Crippen molar-refractivity contribution in [1.82, 2.24) is 9.97 Å². The normalized spacial score (nSPS) is 18.9. The molecule has 0 aliphatic heterocycles. The maximum atomic E-state index is 4.71. The van der Waals surface area contributed by atoms with Gasteiger partial charge in [-0.05, 0) is 54.7 Å². The average molecular weight is 421 g/mol. The molecule has 0 spiro atoms. The lowest BCUT2D eigenvalue weighted by atomic mass is 9.78. The molecule has 0 unspecified atom stereocenters. The van der Waals surface area contributed by atoms with E-state index in [4.69, 9.17) is 9.97 Å². The highest BCUT2D eigenvalue weighted by Gasteiger charge is 2.20. The first kappa shape index (κ1) is 24.0. The van der Waals surface area contributed by atoms with E-state index in [1.54, 1.807) is 0 Å². The van der Waals surface area contributed by atoms with Crippen LogP contribution in [0.2, 0.25) is 0 Å². The van der Waals surface area contributed by atoms with E-state index >= 15 is 0 Å². The lowest BCUT2D eigenvalue weighted by Crippen LogP contribution is -2.15. The van der Waals surface area contributed by atoms with Gasteiger partial charge in [-0.2, -0.15) is 0 Å². The van der Waals surface area contributed by atoms with Gasteiger partial charge in [0.25, 0.3) is 0 Å². The predicted octanol–water partition coefficient (Wildman–Crippen LogP) is 8.50. The molecule has 2 heteroatoms. The number of nitrogens with zero attached hydrogens (tertiary/aromatic N) is 2. The van der Waals surface area contributed by atoms with Gasteiger partial charge in [-0.15, -0.1) is 0 Å². The van der Waals surface area contributed by atoms with Crippen molar-refractivity contribution >= 4 is 0 Å². The smallest absolute Gasteiger partial charge is 0.128 e. The second-order valence-electron chi connectivity index (χ2n) is 9.91. The Morgan fingerprint density at radius 1 is 0.742 bits per heavy atom. The Kier molecular flexibility index (Phi) is 10.0. The molecule has 170 valence electrons. The Balaban J connectivity index is 1.45. The van der Waals surface area contributed by atoms with Crippen LogP contribution in [0.4, 0.5) is 0 Å². The Morgan fingerprint density at radius 3 is 2.03 bits per heavy atom. The Labute approximate surface area is 191 Å². The maximum absolute atomic E-state index is 4.71. The van der Waals surface area contributed by atoms with Crippen molar-refractivity contribution in [2.24, 2.45) is 11.8 Å². The Morgan fingerprint density at radius 2 is 1.39 bits per heavy atom. The fourth-order valence-corrected chi connectivity index (χ4v) is 5.18. The summed E-state index contributed by atoms with van der Waals surface area (Å²) in [5, 5.41) is 0. The molecule has 1 fully saturated rings. The van der Waals surface area contributed by atoms with Gasteiger partial charge in [0.2, 0.25) is 0 Å². The van der Waals surface area contributed by atoms with Crippen molar-refractivity contribution in [2.75, 3.05) is 0 Å². The maximum Gasteiger partial charge on any atom is 0.128 e. The number of hydrogen-bond donors (Lipinski definition) is 0. The molecule has 0 bridgehead atoms. The van der Waals surface area contributed by atoms with Crippen molar-refractivity contribution in [3.05, 3.63) is 47.5 Å². The molecular formula is C29H44N2. The predicted molar refractivity (Wildman–Crippen MR) is 133 cm³/mol. The summed E-state index contributed by atoms with van der Waals surface area (Å²) in [5.41, 5.74) is 5.25. The van der Waals surface area contributed by atoms with E-state index in [9.17, 15) is 0 Å². The molecular weight excluding hydrogens is 376 g/mol. The molecule has 1 heterocycles. The minimum absolute atomic E-state index is 0.883. The molecule has 1 saturated carbocycles. The van der Waals surface area contributed by atoms with Crippen LogP contribution in [0, 0.1) is 18.8 Å². The van der Waals surface area contributed by atoms with Crippen LogP contribution in [-0.2, 0) is 12.8 Å². The summed E-state index contributed by atoms with van der Waals surface area (Å²) in [6.07, 6.45) is 22.8. The second kappa shape index (κ2) is 13.0. The van der Waals surface area contributed by atoms with E-state index in [1.165, 1.54) is 100 Å². The summed E-state index contributed by atoms with van der Waals surface area (Å²) in [5.74, 6) is 2.90. The molecule has 0 atom stereocenters. The fourth-order valence-electron chi connectivity index (χ4n) is 5.18. The molecule has 0 amide bonds. The lowest BCUT2D eigenvalue weighted by Gasteiger charge is -2.28. The number of benzene rings is 1. The van der Waals surface area contributed by atoms with E-state index in [0.29, 0.717) is 0 Å². The van der Waals surface area contributed by atoms with Crippen LogP contribution in [0.25, 0.3) is 11.1 Å². The zero-order valence-electron chi connectivity index (χ0n) is 20.3. The van der Waals surface area contributed by atoms with Crippen LogP contribution in [0.3, 0.4) is 0 Å². The summed E-state index contributed by atoms with van der Waals surface area (Å²) >= 11 is 0. The molecule has 2 nitrogen and oxygen atoms in total. The van der Waals surface area contributed by atoms with Gasteiger partial charge in [-0.3, -0.25) is 0 Å². The number of hydrogen-bond acceptors (Lipinski definition) is 2. The highest BCUT2D eigenvalue weighted by molar-refractivity contribution is 5.63. The summed E-state index contributed by atoms with van der Waals surface area (Å²) in [6, 6.07) is 6.84. The summed E-state index contributed by atoms with van der Waals surface area (Å²) in [7, 11) is 0. The van der Waals surface area contributed by atoms with Gasteiger partial charge in [0, 0.05) is 24.4 Å². The molecule has 31 heavy (non-hydrogen) atoms. The number of aryl methyl sites for hydroxylation is 3. The van der Waals surface area contributed by atoms with Gasteiger partial charge >= 0.3 is 0 Å². The third-order valence-corrected chi connectivity index (χ3v) is 7.39. The summed E-state index contributed by atoms with van der Waals surface area (Å²) in [4.78, 5) is 9.41. The topological polar surface area (TPSA) is 25.8 Å². The van der Waals surface area contributed by atoms with Gasteiger partial charge in [-0.1, -0.05) is 96.3 Å². The molecule has 1 aliphatic carbocycles. The van der Waals surface area contributed by atoms with Crippen LogP contribution in [-0.4, -0.2) is 9.97 Å². The minimum Gasteiger partial charge on any atom is -0.241 e. The van der Waals surface area contributed by atoms with E-state index < -0.39 is 0 Å². The van der Waals surface area contributed by atoms with E-state index in [0.717, 1.165) is 29.6 Å². The molecule has 1 aromatic heterocycles. The molecule has 1 aliphatic rings. The fraction of sp³-hybridized carbons (Fsp3) is 0.655. The van der Waals surface area contributed by atoms with Gasteiger partial charge in [0.15, 0.2) is 0 Å². The summed E-state index contributed by atoms with van der Waals surface area (Å²) in [6.45, 7) is 6.80. The number of unbranched alkanes of at least 4 members (excludes halogenated alkanes) is 4. The standard InChI is InChI=1S/C29H44N2/c1-4-6-8-10-24-12-14-25(15-13-24)16-19-29-30-21-28(22-31-29)27-18-17-26(23(3)20-27)11-9-7-5-2/h17-18,20-22,24-25H,4-16,19H2,1-3H3/t24-,25-. The third kappa shape index (κ3) is 7.74. The monoisotopic (exact) mass is 420 g/mol. The van der Waals surface area contributed by atoms with Crippen LogP contribution in [0.15, 0.2) is 30.6 Å². The van der Waals surface area contributed by atoms with Crippen molar-refractivity contribution in [3.63, 3.8) is 0 Å². The first-order valence-electron chi connectivity index (χ1n) is 13.1. The highest BCUT2D eigenvalue weighted by atomic mass is 14.9. The van der Waals surface area contributed by atoms with E-state index in [-0.39, 0.29) is 0 Å². The zero-order chi connectivity index (χ0) is 21.9. The van der Waals surface area contributed by atoms with Crippen molar-refractivity contribution < 1.29 is 0 Å². The minimum atomic E-state index is 0.883. The number of rotatable bonds is 12. The average Bonchev–Trinajstić information content (AvgIpc) is 2.80. The van der Waals surface area contributed by atoms with E-state index in [2.05, 4.69) is 39.0 Å². The van der Waals surface area contributed by atoms with Crippen LogP contribution >= 0.6 is 0 Å². The second-order valence-corrected chi connectivity index (χ2v) is 9.91. The molecule has 1 aromatic carbocycles. The first-order valence-corrected chi connectivity index (χ1v) is 13.1. The summed E-state index contributed by atoms with van der Waals surface area (Å²) < 4.78 is 0. The van der Waals surface area contributed by atoms with Crippen molar-refractivity contribution in [3.8, 4) is 11.1 Å². The largest absolute Gasteiger partial charge is 0.241 e. The quantitative estimate of drug-likeness (QED) is 0.322. The van der Waals surface area contributed by atoms with Gasteiger partial charge in [0.05, 0.1) is 0 Å². The lowest BCUT2D eigenvalue weighted by molar-refractivity contribution is 0.248. The van der Waals surface area contributed by atoms with Crippen molar-refractivity contribution in [2.45, 2.75) is 111 Å². The third-order valence-electron chi connectivity index (χ3n) is 7.39.